The summed E-state index contributed by atoms with van der Waals surface area (Å²) in [6.45, 7) is 2.02. The normalized spacial score (nSPS) is 12.3. The van der Waals surface area contributed by atoms with Crippen LogP contribution in [-0.2, 0) is 0 Å². The van der Waals surface area contributed by atoms with E-state index in [4.69, 9.17) is 10.5 Å². The van der Waals surface area contributed by atoms with Crippen LogP contribution in [0.25, 0.3) is 10.8 Å². The average molecular weight is 342 g/mol. The number of hydrogen-bond donors (Lipinski definition) is 1. The van der Waals surface area contributed by atoms with Gasteiger partial charge in [0.05, 0.1) is 4.47 Å². The third kappa shape index (κ3) is 2.88. The Morgan fingerprint density at radius 2 is 1.81 bits per heavy atom. The van der Waals surface area contributed by atoms with E-state index in [1.807, 2.05) is 49.4 Å². The van der Waals surface area contributed by atoms with Gasteiger partial charge in [0.25, 0.3) is 0 Å². The number of halogens is 1. The molecule has 0 bridgehead atoms. The molecule has 1 atom stereocenters. The number of ether oxygens (including phenoxy) is 1. The molecular weight excluding hydrogens is 326 g/mol. The second-order valence-corrected chi connectivity index (χ2v) is 5.82. The van der Waals surface area contributed by atoms with Crippen LogP contribution >= 0.6 is 15.9 Å². The smallest absolute Gasteiger partial charge is 0.135 e. The van der Waals surface area contributed by atoms with Gasteiger partial charge in [-0.15, -0.1) is 0 Å². The van der Waals surface area contributed by atoms with Crippen molar-refractivity contribution in [1.82, 2.24) is 0 Å². The number of anilines is 1. The van der Waals surface area contributed by atoms with Crippen molar-refractivity contribution in [3.63, 3.8) is 0 Å². The van der Waals surface area contributed by atoms with Crippen molar-refractivity contribution in [2.75, 3.05) is 5.73 Å². The molecule has 0 aliphatic heterocycles. The highest BCUT2D eigenvalue weighted by molar-refractivity contribution is 9.10. The molecule has 3 heteroatoms. The van der Waals surface area contributed by atoms with E-state index in [0.717, 1.165) is 26.9 Å². The van der Waals surface area contributed by atoms with Gasteiger partial charge in [-0.1, -0.05) is 42.5 Å². The molecule has 1 unspecified atom stereocenters. The lowest BCUT2D eigenvalue weighted by molar-refractivity contribution is 0.226. The minimum atomic E-state index is -0.0639. The third-order valence-corrected chi connectivity index (χ3v) is 4.33. The highest BCUT2D eigenvalue weighted by Crippen LogP contribution is 2.35. The van der Waals surface area contributed by atoms with Gasteiger partial charge in [0.1, 0.15) is 11.9 Å². The number of fused-ring (bicyclic) bond motifs is 1. The summed E-state index contributed by atoms with van der Waals surface area (Å²) in [4.78, 5) is 0. The maximum atomic E-state index is 6.09. The Kier molecular flexibility index (Phi) is 3.84. The molecule has 0 aliphatic rings. The number of nitrogen functional groups attached to an aromatic ring is 1. The van der Waals surface area contributed by atoms with Gasteiger partial charge in [-0.2, -0.15) is 0 Å². The van der Waals surface area contributed by atoms with Gasteiger partial charge in [-0.05, 0) is 57.4 Å². The zero-order chi connectivity index (χ0) is 14.8. The molecule has 0 spiro atoms. The van der Waals surface area contributed by atoms with Gasteiger partial charge in [-0.3, -0.25) is 0 Å². The average Bonchev–Trinajstić information content (AvgIpc) is 2.50. The Hall–Kier alpha value is -2.00. The Morgan fingerprint density at radius 3 is 2.62 bits per heavy atom. The molecule has 0 amide bonds. The molecule has 0 radical (unpaired) electrons. The van der Waals surface area contributed by atoms with E-state index in [1.165, 1.54) is 5.39 Å². The van der Waals surface area contributed by atoms with Gasteiger partial charge in [0.2, 0.25) is 0 Å². The first-order valence-electron chi connectivity index (χ1n) is 6.84. The van der Waals surface area contributed by atoms with Crippen LogP contribution in [0.5, 0.6) is 5.75 Å². The second kappa shape index (κ2) is 5.78. The fourth-order valence-electron chi connectivity index (χ4n) is 2.37. The van der Waals surface area contributed by atoms with Crippen molar-refractivity contribution in [2.45, 2.75) is 13.0 Å². The summed E-state index contributed by atoms with van der Waals surface area (Å²) in [5.74, 6) is 0.837. The van der Waals surface area contributed by atoms with E-state index >= 15 is 0 Å². The molecule has 3 rings (SSSR count). The molecular formula is C18H16BrNO. The quantitative estimate of drug-likeness (QED) is 0.654. The standard InChI is InChI=1S/C18H16BrNO/c1-12(14-6-4-7-15(20)11-14)21-17-10-9-13-5-2-3-8-16(13)18(17)19/h2-12H,20H2,1H3. The van der Waals surface area contributed by atoms with Crippen LogP contribution in [0.1, 0.15) is 18.6 Å². The third-order valence-electron chi connectivity index (χ3n) is 3.51. The highest BCUT2D eigenvalue weighted by atomic mass is 79.9. The molecule has 106 valence electrons. The summed E-state index contributed by atoms with van der Waals surface area (Å²) in [7, 11) is 0. The number of rotatable bonds is 3. The fraction of sp³-hybridized carbons (Fsp3) is 0.111. The van der Waals surface area contributed by atoms with E-state index in [0.29, 0.717) is 0 Å². The van der Waals surface area contributed by atoms with Crippen LogP contribution in [0, 0.1) is 0 Å². The Morgan fingerprint density at radius 1 is 1.00 bits per heavy atom. The van der Waals surface area contributed by atoms with Crippen molar-refractivity contribution >= 4 is 32.4 Å². The maximum Gasteiger partial charge on any atom is 0.135 e. The molecule has 2 nitrogen and oxygen atoms in total. The van der Waals surface area contributed by atoms with Gasteiger partial charge < -0.3 is 10.5 Å². The van der Waals surface area contributed by atoms with Crippen LogP contribution in [0.15, 0.2) is 65.1 Å². The first-order valence-corrected chi connectivity index (χ1v) is 7.64. The van der Waals surface area contributed by atoms with E-state index in [-0.39, 0.29) is 6.10 Å². The van der Waals surface area contributed by atoms with Crippen molar-refractivity contribution in [2.24, 2.45) is 0 Å². The van der Waals surface area contributed by atoms with Crippen LogP contribution in [-0.4, -0.2) is 0 Å². The zero-order valence-corrected chi connectivity index (χ0v) is 13.3. The lowest BCUT2D eigenvalue weighted by Gasteiger charge is -2.17. The van der Waals surface area contributed by atoms with Crippen LogP contribution < -0.4 is 10.5 Å². The topological polar surface area (TPSA) is 35.2 Å². The van der Waals surface area contributed by atoms with Crippen molar-refractivity contribution in [3.8, 4) is 5.75 Å². The predicted molar refractivity (Wildman–Crippen MR) is 91.5 cm³/mol. The largest absolute Gasteiger partial charge is 0.485 e. The van der Waals surface area contributed by atoms with E-state index < -0.39 is 0 Å². The molecule has 2 N–H and O–H groups in total. The minimum absolute atomic E-state index is 0.0639. The monoisotopic (exact) mass is 341 g/mol. The van der Waals surface area contributed by atoms with Crippen LogP contribution in [0.4, 0.5) is 5.69 Å². The lowest BCUT2D eigenvalue weighted by Crippen LogP contribution is -2.04. The van der Waals surface area contributed by atoms with Crippen molar-refractivity contribution < 1.29 is 4.74 Å². The van der Waals surface area contributed by atoms with Crippen molar-refractivity contribution in [3.05, 3.63) is 70.7 Å². The number of hydrogen-bond acceptors (Lipinski definition) is 2. The highest BCUT2D eigenvalue weighted by Gasteiger charge is 2.11. The van der Waals surface area contributed by atoms with Crippen molar-refractivity contribution in [1.29, 1.82) is 0 Å². The first-order chi connectivity index (χ1) is 10.1. The molecule has 0 saturated carbocycles. The first kappa shape index (κ1) is 14.0. The van der Waals surface area contributed by atoms with Gasteiger partial charge in [0, 0.05) is 5.69 Å². The summed E-state index contributed by atoms with van der Waals surface area (Å²) in [5, 5.41) is 2.34. The van der Waals surface area contributed by atoms with E-state index in [1.54, 1.807) is 0 Å². The lowest BCUT2D eigenvalue weighted by atomic mass is 10.1. The minimum Gasteiger partial charge on any atom is -0.485 e. The molecule has 0 saturated heterocycles. The zero-order valence-electron chi connectivity index (χ0n) is 11.7. The summed E-state index contributed by atoms with van der Waals surface area (Å²) in [6, 6.07) is 20.1. The molecule has 0 heterocycles. The molecule has 21 heavy (non-hydrogen) atoms. The fourth-order valence-corrected chi connectivity index (χ4v) is 2.96. The molecule has 3 aromatic carbocycles. The summed E-state index contributed by atoms with van der Waals surface area (Å²) >= 11 is 3.65. The van der Waals surface area contributed by atoms with E-state index in [9.17, 15) is 0 Å². The Bertz CT molecular complexity index is 785. The maximum absolute atomic E-state index is 6.09. The number of nitrogens with two attached hydrogens (primary N) is 1. The van der Waals surface area contributed by atoms with E-state index in [2.05, 4.69) is 34.1 Å². The molecule has 3 aromatic rings. The summed E-state index contributed by atoms with van der Waals surface area (Å²) < 4.78 is 7.07. The van der Waals surface area contributed by atoms with Gasteiger partial charge in [-0.25, -0.2) is 0 Å². The Balaban J connectivity index is 1.93. The summed E-state index contributed by atoms with van der Waals surface area (Å²) in [5.41, 5.74) is 7.64. The van der Waals surface area contributed by atoms with Crippen LogP contribution in [0.3, 0.4) is 0 Å². The van der Waals surface area contributed by atoms with Crippen LogP contribution in [0.2, 0.25) is 0 Å². The SMILES string of the molecule is CC(Oc1ccc2ccccc2c1Br)c1cccc(N)c1. The molecule has 0 aliphatic carbocycles. The Labute approximate surface area is 132 Å². The predicted octanol–water partition coefficient (Wildman–Crippen LogP) is 5.32. The van der Waals surface area contributed by atoms with Gasteiger partial charge >= 0.3 is 0 Å². The second-order valence-electron chi connectivity index (χ2n) is 5.03. The summed E-state index contributed by atoms with van der Waals surface area (Å²) in [6.07, 6.45) is -0.0639. The van der Waals surface area contributed by atoms with Gasteiger partial charge in [0.15, 0.2) is 0 Å². The molecule has 0 aromatic heterocycles. The number of benzene rings is 3. The molecule has 0 fully saturated rings.